The Morgan fingerprint density at radius 2 is 2.07 bits per heavy atom. The van der Waals surface area contributed by atoms with Gasteiger partial charge in [-0.25, -0.2) is 4.39 Å². The van der Waals surface area contributed by atoms with Crippen LogP contribution in [0.25, 0.3) is 5.57 Å². The molecule has 0 heterocycles. The molecule has 0 saturated carbocycles. The van der Waals surface area contributed by atoms with E-state index in [1.54, 1.807) is 30.2 Å². The number of allylic oxidation sites excluding steroid dienone is 1. The van der Waals surface area contributed by atoms with E-state index in [1.165, 1.54) is 6.07 Å². The van der Waals surface area contributed by atoms with Gasteiger partial charge in [-0.05, 0) is 24.1 Å². The second-order valence-electron chi connectivity index (χ2n) is 3.63. The molecule has 0 saturated heterocycles. The number of carbonyl (C=O) groups excluding carboxylic acids is 1. The first-order valence-electron chi connectivity index (χ1n) is 4.64. The van der Waals surface area contributed by atoms with E-state index in [1.807, 2.05) is 14.1 Å². The van der Waals surface area contributed by atoms with Crippen LogP contribution in [0.3, 0.4) is 0 Å². The summed E-state index contributed by atoms with van der Waals surface area (Å²) in [5.74, 6) is -0.293. The lowest BCUT2D eigenvalue weighted by molar-refractivity contribution is -0.103. The van der Waals surface area contributed by atoms with Crippen molar-refractivity contribution in [2.24, 2.45) is 0 Å². The Morgan fingerprint density at radius 1 is 1.40 bits per heavy atom. The smallest absolute Gasteiger partial charge is 0.152 e. The van der Waals surface area contributed by atoms with E-state index < -0.39 is 0 Å². The Morgan fingerprint density at radius 3 is 2.53 bits per heavy atom. The molecule has 0 atom stereocenters. The maximum Gasteiger partial charge on any atom is 0.152 e. The second kappa shape index (κ2) is 4.73. The van der Waals surface area contributed by atoms with Gasteiger partial charge in [0.1, 0.15) is 5.82 Å². The molecule has 0 aliphatic heterocycles. The maximum atomic E-state index is 13.3. The van der Waals surface area contributed by atoms with Crippen molar-refractivity contribution in [2.45, 2.75) is 6.92 Å². The maximum absolute atomic E-state index is 13.3. The minimum absolute atomic E-state index is 0.293. The van der Waals surface area contributed by atoms with Crippen LogP contribution in [0.1, 0.15) is 11.1 Å². The predicted octanol–water partition coefficient (Wildman–Crippen LogP) is 2.24. The fraction of sp³-hybridized carbons (Fsp3) is 0.250. The van der Waals surface area contributed by atoms with Gasteiger partial charge >= 0.3 is 0 Å². The number of halogens is 1. The zero-order chi connectivity index (χ0) is 11.4. The minimum atomic E-state index is -0.293. The molecule has 0 spiro atoms. The van der Waals surface area contributed by atoms with Crippen LogP contribution in [-0.4, -0.2) is 25.3 Å². The minimum Gasteiger partial charge on any atom is -0.383 e. The molecule has 0 radical (unpaired) electrons. The first-order valence-corrected chi connectivity index (χ1v) is 4.64. The van der Waals surface area contributed by atoms with Crippen molar-refractivity contribution in [1.82, 2.24) is 4.90 Å². The first kappa shape index (κ1) is 11.4. The van der Waals surface area contributed by atoms with Crippen molar-refractivity contribution < 1.29 is 9.18 Å². The number of carbonyl (C=O) groups is 1. The van der Waals surface area contributed by atoms with Crippen molar-refractivity contribution >= 4 is 11.9 Å². The van der Waals surface area contributed by atoms with Gasteiger partial charge in [0.05, 0.1) is 0 Å². The van der Waals surface area contributed by atoms with Crippen LogP contribution < -0.4 is 0 Å². The van der Waals surface area contributed by atoms with Crippen molar-refractivity contribution in [3.8, 4) is 0 Å². The lowest BCUT2D eigenvalue weighted by Crippen LogP contribution is -2.03. The van der Waals surface area contributed by atoms with Crippen LogP contribution in [0.4, 0.5) is 4.39 Å². The molecule has 0 bridgehead atoms. The van der Waals surface area contributed by atoms with Crippen LogP contribution in [0.15, 0.2) is 24.4 Å². The third-order valence-electron chi connectivity index (χ3n) is 2.03. The van der Waals surface area contributed by atoms with E-state index in [0.717, 1.165) is 6.29 Å². The lowest BCUT2D eigenvalue weighted by Gasteiger charge is -2.08. The van der Waals surface area contributed by atoms with Crippen molar-refractivity contribution in [3.05, 3.63) is 41.3 Å². The summed E-state index contributed by atoms with van der Waals surface area (Å²) in [7, 11) is 3.63. The number of hydrogen-bond donors (Lipinski definition) is 0. The Hall–Kier alpha value is -1.64. The molecule has 3 heteroatoms. The summed E-state index contributed by atoms with van der Waals surface area (Å²) in [6, 6.07) is 4.78. The van der Waals surface area contributed by atoms with Gasteiger partial charge in [0.25, 0.3) is 0 Å². The van der Waals surface area contributed by atoms with Gasteiger partial charge in [-0.2, -0.15) is 0 Å². The summed E-state index contributed by atoms with van der Waals surface area (Å²) in [6.07, 6.45) is 2.39. The fourth-order valence-electron chi connectivity index (χ4n) is 1.22. The van der Waals surface area contributed by atoms with Crippen molar-refractivity contribution in [2.75, 3.05) is 14.1 Å². The van der Waals surface area contributed by atoms with Crippen molar-refractivity contribution in [3.63, 3.8) is 0 Å². The van der Waals surface area contributed by atoms with Crippen LogP contribution in [-0.2, 0) is 4.79 Å². The number of nitrogens with zero attached hydrogens (tertiary/aromatic N) is 1. The quantitative estimate of drug-likeness (QED) is 0.559. The molecule has 0 aliphatic carbocycles. The Labute approximate surface area is 89.0 Å². The largest absolute Gasteiger partial charge is 0.383 e. The molecule has 0 amide bonds. The van der Waals surface area contributed by atoms with Gasteiger partial charge in [0.15, 0.2) is 6.29 Å². The van der Waals surface area contributed by atoms with Gasteiger partial charge in [-0.15, -0.1) is 0 Å². The Kier molecular flexibility index (Phi) is 3.61. The summed E-state index contributed by atoms with van der Waals surface area (Å²) in [6.45, 7) is 1.69. The molecule has 1 aromatic carbocycles. The average Bonchev–Trinajstić information content (AvgIpc) is 2.18. The highest BCUT2D eigenvalue weighted by Gasteiger charge is 2.04. The van der Waals surface area contributed by atoms with Gasteiger partial charge in [-0.1, -0.05) is 12.1 Å². The molecule has 80 valence electrons. The Bertz CT molecular complexity index is 397. The lowest BCUT2D eigenvalue weighted by atomic mass is 10.1. The fourth-order valence-corrected chi connectivity index (χ4v) is 1.22. The van der Waals surface area contributed by atoms with Crippen LogP contribution in [0, 0.1) is 12.7 Å². The third kappa shape index (κ3) is 2.91. The normalized spacial score (nSPS) is 11.3. The van der Waals surface area contributed by atoms with Crippen LogP contribution in [0.2, 0.25) is 0 Å². The highest BCUT2D eigenvalue weighted by atomic mass is 19.1. The average molecular weight is 207 g/mol. The first-order chi connectivity index (χ1) is 7.04. The molecule has 0 unspecified atom stereocenters. The molecule has 15 heavy (non-hydrogen) atoms. The van der Waals surface area contributed by atoms with Gasteiger partial charge in [0, 0.05) is 25.9 Å². The predicted molar refractivity (Wildman–Crippen MR) is 58.9 cm³/mol. The van der Waals surface area contributed by atoms with E-state index in [0.29, 0.717) is 16.7 Å². The summed E-state index contributed by atoms with van der Waals surface area (Å²) in [5.41, 5.74) is 1.65. The third-order valence-corrected chi connectivity index (χ3v) is 2.03. The van der Waals surface area contributed by atoms with Crippen LogP contribution in [0.5, 0.6) is 0 Å². The molecule has 2 nitrogen and oxygen atoms in total. The van der Waals surface area contributed by atoms with E-state index in [9.17, 15) is 9.18 Å². The molecule has 0 N–H and O–H groups in total. The summed E-state index contributed by atoms with van der Waals surface area (Å²) < 4.78 is 13.3. The summed E-state index contributed by atoms with van der Waals surface area (Å²) in [4.78, 5) is 12.6. The number of rotatable bonds is 3. The molecular formula is C12H14FNO. The van der Waals surface area contributed by atoms with Crippen molar-refractivity contribution in [1.29, 1.82) is 0 Å². The number of aldehydes is 1. The standard InChI is InChI=1S/C12H14FNO/c1-9-4-5-10(6-12(9)13)11(8-15)7-14(2)3/h4-8H,1-3H3. The zero-order valence-corrected chi connectivity index (χ0v) is 9.12. The van der Waals surface area contributed by atoms with Crippen LogP contribution >= 0.6 is 0 Å². The summed E-state index contributed by atoms with van der Waals surface area (Å²) in [5, 5.41) is 0. The highest BCUT2D eigenvalue weighted by molar-refractivity contribution is 6.06. The monoisotopic (exact) mass is 207 g/mol. The van der Waals surface area contributed by atoms with E-state index in [2.05, 4.69) is 0 Å². The zero-order valence-electron chi connectivity index (χ0n) is 9.12. The van der Waals surface area contributed by atoms with E-state index in [-0.39, 0.29) is 5.82 Å². The number of hydrogen-bond acceptors (Lipinski definition) is 2. The molecular weight excluding hydrogens is 193 g/mol. The molecule has 0 aromatic heterocycles. The van der Waals surface area contributed by atoms with Gasteiger partial charge in [0.2, 0.25) is 0 Å². The highest BCUT2D eigenvalue weighted by Crippen LogP contribution is 2.16. The van der Waals surface area contributed by atoms with Gasteiger partial charge in [-0.3, -0.25) is 4.79 Å². The SMILES string of the molecule is Cc1ccc(C(C=O)=CN(C)C)cc1F. The van der Waals surface area contributed by atoms with E-state index in [4.69, 9.17) is 0 Å². The number of benzene rings is 1. The van der Waals surface area contributed by atoms with E-state index >= 15 is 0 Å². The molecule has 1 rings (SSSR count). The molecule has 0 aliphatic rings. The molecule has 1 aromatic rings. The molecule has 0 fully saturated rings. The number of aryl methyl sites for hydroxylation is 1. The Balaban J connectivity index is 3.14. The second-order valence-corrected chi connectivity index (χ2v) is 3.63. The van der Waals surface area contributed by atoms with Gasteiger partial charge < -0.3 is 4.90 Å². The topological polar surface area (TPSA) is 20.3 Å². The summed E-state index contributed by atoms with van der Waals surface area (Å²) >= 11 is 0.